The number of halogens is 2. The lowest BCUT2D eigenvalue weighted by Gasteiger charge is -2.08. The van der Waals surface area contributed by atoms with Gasteiger partial charge in [-0.2, -0.15) is 5.10 Å². The molecule has 2 aromatic carbocycles. The van der Waals surface area contributed by atoms with Gasteiger partial charge in [0.2, 0.25) is 11.8 Å². The predicted molar refractivity (Wildman–Crippen MR) is 105 cm³/mol. The summed E-state index contributed by atoms with van der Waals surface area (Å²) in [5.74, 6) is -1.04. The van der Waals surface area contributed by atoms with Crippen molar-refractivity contribution < 1.29 is 19.4 Å². The van der Waals surface area contributed by atoms with E-state index in [1.807, 2.05) is 0 Å². The lowest BCUT2D eigenvalue weighted by atomic mass is 10.2. The molecule has 0 aromatic heterocycles. The fraction of sp³-hybridized carbons (Fsp3) is 0.167. The van der Waals surface area contributed by atoms with Gasteiger partial charge in [0.05, 0.1) is 17.8 Å². The van der Waals surface area contributed by atoms with Crippen molar-refractivity contribution in [1.29, 1.82) is 0 Å². The summed E-state index contributed by atoms with van der Waals surface area (Å²) in [6.45, 7) is 2.12. The molecule has 7 nitrogen and oxygen atoms in total. The van der Waals surface area contributed by atoms with E-state index in [1.165, 1.54) is 18.3 Å². The van der Waals surface area contributed by atoms with Crippen LogP contribution in [0.4, 0.5) is 5.69 Å². The Kier molecular flexibility index (Phi) is 7.45. The van der Waals surface area contributed by atoms with E-state index in [1.54, 1.807) is 31.2 Å². The van der Waals surface area contributed by atoms with Gasteiger partial charge in [0.15, 0.2) is 11.5 Å². The maximum atomic E-state index is 11.8. The molecule has 0 saturated carbocycles. The van der Waals surface area contributed by atoms with Crippen LogP contribution in [0.1, 0.15) is 18.9 Å². The number of ether oxygens (including phenoxy) is 1. The van der Waals surface area contributed by atoms with Crippen LogP contribution in [0.3, 0.4) is 0 Å². The van der Waals surface area contributed by atoms with Gasteiger partial charge in [-0.05, 0) is 48.9 Å². The maximum absolute atomic E-state index is 11.8. The molecule has 0 aliphatic heterocycles. The Bertz CT molecular complexity index is 854. The van der Waals surface area contributed by atoms with Crippen LogP contribution in [0, 0.1) is 0 Å². The molecule has 0 heterocycles. The molecule has 0 fully saturated rings. The average molecular weight is 410 g/mol. The van der Waals surface area contributed by atoms with Gasteiger partial charge in [0.1, 0.15) is 6.42 Å². The highest BCUT2D eigenvalue weighted by molar-refractivity contribution is 6.32. The number of phenols is 1. The number of nitrogens with zero attached hydrogens (tertiary/aromatic N) is 1. The minimum Gasteiger partial charge on any atom is -0.503 e. The van der Waals surface area contributed by atoms with E-state index in [2.05, 4.69) is 15.8 Å². The van der Waals surface area contributed by atoms with Crippen molar-refractivity contribution in [2.24, 2.45) is 5.10 Å². The summed E-state index contributed by atoms with van der Waals surface area (Å²) in [7, 11) is 0. The Balaban J connectivity index is 1.89. The third-order valence-electron chi connectivity index (χ3n) is 3.20. The number of nitrogens with one attached hydrogen (secondary N) is 2. The van der Waals surface area contributed by atoms with Gasteiger partial charge in [0.25, 0.3) is 0 Å². The molecule has 142 valence electrons. The van der Waals surface area contributed by atoms with E-state index in [0.29, 0.717) is 22.9 Å². The molecule has 0 atom stereocenters. The molecule has 0 spiro atoms. The molecule has 0 radical (unpaired) electrons. The van der Waals surface area contributed by atoms with Crippen molar-refractivity contribution in [3.05, 3.63) is 52.0 Å². The molecule has 0 saturated heterocycles. The van der Waals surface area contributed by atoms with Crippen molar-refractivity contribution in [3.63, 3.8) is 0 Å². The second-order valence-corrected chi connectivity index (χ2v) is 6.15. The van der Waals surface area contributed by atoms with Crippen molar-refractivity contribution >= 4 is 46.9 Å². The van der Waals surface area contributed by atoms with Crippen LogP contribution in [-0.4, -0.2) is 29.7 Å². The van der Waals surface area contributed by atoms with Gasteiger partial charge in [-0.3, -0.25) is 9.59 Å². The monoisotopic (exact) mass is 409 g/mol. The highest BCUT2D eigenvalue weighted by Gasteiger charge is 2.10. The third kappa shape index (κ3) is 6.47. The summed E-state index contributed by atoms with van der Waals surface area (Å²) in [5, 5.41) is 16.8. The van der Waals surface area contributed by atoms with E-state index in [4.69, 9.17) is 27.9 Å². The van der Waals surface area contributed by atoms with Crippen molar-refractivity contribution in [3.8, 4) is 11.5 Å². The summed E-state index contributed by atoms with van der Waals surface area (Å²) < 4.78 is 5.26. The van der Waals surface area contributed by atoms with Gasteiger partial charge in [0, 0.05) is 10.7 Å². The van der Waals surface area contributed by atoms with Crippen LogP contribution in [0.2, 0.25) is 10.0 Å². The first kappa shape index (κ1) is 20.5. The second kappa shape index (κ2) is 9.80. The zero-order chi connectivity index (χ0) is 19.8. The van der Waals surface area contributed by atoms with E-state index in [0.717, 1.165) is 0 Å². The zero-order valence-electron chi connectivity index (χ0n) is 14.3. The minimum atomic E-state index is -0.590. The number of benzene rings is 2. The summed E-state index contributed by atoms with van der Waals surface area (Å²) in [5.41, 5.74) is 3.28. The maximum Gasteiger partial charge on any atom is 0.249 e. The van der Waals surface area contributed by atoms with Gasteiger partial charge in [-0.25, -0.2) is 5.43 Å². The number of anilines is 1. The molecule has 27 heavy (non-hydrogen) atoms. The van der Waals surface area contributed by atoms with Crippen LogP contribution in [0.5, 0.6) is 11.5 Å². The highest BCUT2D eigenvalue weighted by Crippen LogP contribution is 2.34. The molecule has 0 unspecified atom stereocenters. The minimum absolute atomic E-state index is 0.0936. The van der Waals surface area contributed by atoms with Crippen LogP contribution in [0.25, 0.3) is 0 Å². The van der Waals surface area contributed by atoms with E-state index >= 15 is 0 Å². The first-order valence-electron chi connectivity index (χ1n) is 7.91. The first-order chi connectivity index (χ1) is 12.9. The molecular weight excluding hydrogens is 393 g/mol. The summed E-state index contributed by atoms with van der Waals surface area (Å²) >= 11 is 11.7. The molecule has 0 aliphatic carbocycles. The Morgan fingerprint density at radius 2 is 1.89 bits per heavy atom. The molecular formula is C18H17Cl2N3O4. The van der Waals surface area contributed by atoms with Crippen LogP contribution < -0.4 is 15.5 Å². The zero-order valence-corrected chi connectivity index (χ0v) is 15.8. The van der Waals surface area contributed by atoms with E-state index < -0.39 is 18.2 Å². The van der Waals surface area contributed by atoms with Crippen molar-refractivity contribution in [2.75, 3.05) is 11.9 Å². The Labute approximate surface area is 165 Å². The topological polar surface area (TPSA) is 100 Å². The smallest absolute Gasteiger partial charge is 0.249 e. The number of hydrogen-bond donors (Lipinski definition) is 3. The number of hydrazone groups is 1. The first-order valence-corrected chi connectivity index (χ1v) is 8.67. The summed E-state index contributed by atoms with van der Waals surface area (Å²) in [4.78, 5) is 23.6. The second-order valence-electron chi connectivity index (χ2n) is 5.31. The number of rotatable bonds is 7. The number of aromatic hydroxyl groups is 1. The van der Waals surface area contributed by atoms with Gasteiger partial charge >= 0.3 is 0 Å². The van der Waals surface area contributed by atoms with Crippen LogP contribution >= 0.6 is 23.2 Å². The molecule has 0 bridgehead atoms. The van der Waals surface area contributed by atoms with Crippen molar-refractivity contribution in [1.82, 2.24) is 5.43 Å². The number of carbonyl (C=O) groups is 2. The quantitative estimate of drug-likeness (QED) is 0.369. The average Bonchev–Trinajstić information content (AvgIpc) is 2.61. The fourth-order valence-corrected chi connectivity index (χ4v) is 2.38. The van der Waals surface area contributed by atoms with E-state index in [9.17, 15) is 14.7 Å². The molecule has 2 aromatic rings. The Morgan fingerprint density at radius 3 is 2.56 bits per heavy atom. The van der Waals surface area contributed by atoms with Gasteiger partial charge < -0.3 is 15.2 Å². The summed E-state index contributed by atoms with van der Waals surface area (Å²) in [6, 6.07) is 9.49. The van der Waals surface area contributed by atoms with E-state index in [-0.39, 0.29) is 16.5 Å². The predicted octanol–water partition coefficient (Wildman–Crippen LogP) is 3.58. The normalized spacial score (nSPS) is 10.6. The molecule has 0 aliphatic rings. The van der Waals surface area contributed by atoms with Gasteiger partial charge in [-0.1, -0.05) is 23.2 Å². The largest absolute Gasteiger partial charge is 0.503 e. The molecule has 2 amide bonds. The molecule has 9 heteroatoms. The number of amides is 2. The molecule has 2 rings (SSSR count). The standard InChI is InChI=1S/C18H17Cl2N3O4/c1-2-27-15-8-11(7-14(20)18(15)26)10-21-23-17(25)9-16(24)22-13-5-3-12(19)4-6-13/h3-8,10,26H,2,9H2,1H3,(H,22,24)(H,23,25). The number of hydrogen-bond acceptors (Lipinski definition) is 5. The SMILES string of the molecule is CCOc1cc(C=NNC(=O)CC(=O)Nc2ccc(Cl)cc2)cc(Cl)c1O. The van der Waals surface area contributed by atoms with Crippen molar-refractivity contribution in [2.45, 2.75) is 13.3 Å². The highest BCUT2D eigenvalue weighted by atomic mass is 35.5. The lowest BCUT2D eigenvalue weighted by Crippen LogP contribution is -2.24. The Hall–Kier alpha value is -2.77. The van der Waals surface area contributed by atoms with Gasteiger partial charge in [-0.15, -0.1) is 0 Å². The van der Waals surface area contributed by atoms with Crippen LogP contribution in [-0.2, 0) is 9.59 Å². The lowest BCUT2D eigenvalue weighted by molar-refractivity contribution is -0.126. The fourth-order valence-electron chi connectivity index (χ4n) is 2.04. The van der Waals surface area contributed by atoms with Crippen LogP contribution in [0.15, 0.2) is 41.5 Å². The third-order valence-corrected chi connectivity index (χ3v) is 3.74. The number of phenolic OH excluding ortho intramolecular Hbond substituents is 1. The molecule has 3 N–H and O–H groups in total. The Morgan fingerprint density at radius 1 is 1.19 bits per heavy atom. The number of carbonyl (C=O) groups excluding carboxylic acids is 2. The summed E-state index contributed by atoms with van der Waals surface area (Å²) in [6.07, 6.45) is 0.920.